The van der Waals surface area contributed by atoms with Gasteiger partial charge in [-0.3, -0.25) is 0 Å². The largest absolute Gasteiger partial charge is 0.341 e. The lowest BCUT2D eigenvalue weighted by Gasteiger charge is -2.19. The minimum atomic E-state index is 0.837. The number of aryl methyl sites for hydroxylation is 1. The van der Waals surface area contributed by atoms with E-state index in [4.69, 9.17) is 0 Å². The van der Waals surface area contributed by atoms with Crippen molar-refractivity contribution in [3.63, 3.8) is 0 Å². The molecule has 1 aromatic rings. The molecule has 0 bridgehead atoms. The minimum absolute atomic E-state index is 0.837. The van der Waals surface area contributed by atoms with E-state index in [-0.39, 0.29) is 0 Å². The van der Waals surface area contributed by atoms with Crippen LogP contribution in [0.3, 0.4) is 0 Å². The monoisotopic (exact) mass is 233 g/mol. The van der Waals surface area contributed by atoms with Gasteiger partial charge in [0.25, 0.3) is 0 Å². The van der Waals surface area contributed by atoms with Gasteiger partial charge in [0.05, 0.1) is 0 Å². The molecule has 2 aliphatic heterocycles. The fourth-order valence-corrected chi connectivity index (χ4v) is 2.57. The van der Waals surface area contributed by atoms with E-state index in [0.717, 1.165) is 43.9 Å². The zero-order valence-corrected chi connectivity index (χ0v) is 10.4. The Morgan fingerprint density at radius 3 is 1.53 bits per heavy atom. The van der Waals surface area contributed by atoms with Crippen LogP contribution in [0.2, 0.25) is 0 Å². The first-order valence-corrected chi connectivity index (χ1v) is 6.55. The molecule has 0 aromatic carbocycles. The van der Waals surface area contributed by atoms with E-state index in [2.05, 4.69) is 24.8 Å². The van der Waals surface area contributed by atoms with Gasteiger partial charge in [-0.05, 0) is 32.6 Å². The van der Waals surface area contributed by atoms with E-state index in [0.29, 0.717) is 0 Å². The summed E-state index contributed by atoms with van der Waals surface area (Å²) in [6.45, 7) is 6.30. The van der Waals surface area contributed by atoms with Crippen LogP contribution in [0.5, 0.6) is 0 Å². The topological polar surface area (TPSA) is 45.2 Å². The third-order valence-corrected chi connectivity index (χ3v) is 3.50. The average molecular weight is 233 g/mol. The Labute approximate surface area is 102 Å². The molecule has 1 aromatic heterocycles. The van der Waals surface area contributed by atoms with Gasteiger partial charge in [0, 0.05) is 26.2 Å². The summed E-state index contributed by atoms with van der Waals surface area (Å²) in [6.07, 6.45) is 5.01. The first kappa shape index (κ1) is 10.7. The van der Waals surface area contributed by atoms with Crippen LogP contribution in [-0.4, -0.2) is 41.1 Å². The average Bonchev–Trinajstić information content (AvgIpc) is 3.02. The molecule has 2 aliphatic rings. The van der Waals surface area contributed by atoms with E-state index >= 15 is 0 Å². The molecule has 5 nitrogen and oxygen atoms in total. The van der Waals surface area contributed by atoms with E-state index < -0.39 is 0 Å². The molecular formula is C12H19N5. The summed E-state index contributed by atoms with van der Waals surface area (Å²) in [5.41, 5.74) is 0. The molecule has 92 valence electrons. The number of aromatic nitrogens is 3. The summed E-state index contributed by atoms with van der Waals surface area (Å²) in [5, 5.41) is 0. The van der Waals surface area contributed by atoms with Gasteiger partial charge in [-0.2, -0.15) is 15.0 Å². The number of anilines is 2. The molecule has 0 amide bonds. The highest BCUT2D eigenvalue weighted by molar-refractivity contribution is 5.40. The van der Waals surface area contributed by atoms with Crippen LogP contribution in [0.4, 0.5) is 11.9 Å². The van der Waals surface area contributed by atoms with Gasteiger partial charge in [0.1, 0.15) is 5.82 Å². The minimum Gasteiger partial charge on any atom is -0.341 e. The fourth-order valence-electron chi connectivity index (χ4n) is 2.57. The molecule has 0 atom stereocenters. The molecule has 2 fully saturated rings. The van der Waals surface area contributed by atoms with Gasteiger partial charge in [-0.1, -0.05) is 0 Å². The molecule has 17 heavy (non-hydrogen) atoms. The lowest BCUT2D eigenvalue weighted by atomic mass is 10.4. The highest BCUT2D eigenvalue weighted by Crippen LogP contribution is 2.20. The van der Waals surface area contributed by atoms with Crippen molar-refractivity contribution in [1.82, 2.24) is 15.0 Å². The van der Waals surface area contributed by atoms with Crippen LogP contribution in [0, 0.1) is 6.92 Å². The number of hydrogen-bond donors (Lipinski definition) is 0. The molecule has 0 unspecified atom stereocenters. The first-order valence-electron chi connectivity index (χ1n) is 6.55. The van der Waals surface area contributed by atoms with Crippen LogP contribution < -0.4 is 9.80 Å². The van der Waals surface area contributed by atoms with Gasteiger partial charge in [0.15, 0.2) is 0 Å². The molecular weight excluding hydrogens is 214 g/mol. The van der Waals surface area contributed by atoms with Crippen molar-refractivity contribution < 1.29 is 0 Å². The van der Waals surface area contributed by atoms with Crippen LogP contribution >= 0.6 is 0 Å². The summed E-state index contributed by atoms with van der Waals surface area (Å²) < 4.78 is 0. The number of nitrogens with zero attached hydrogens (tertiary/aromatic N) is 5. The molecule has 0 spiro atoms. The zero-order valence-electron chi connectivity index (χ0n) is 10.4. The molecule has 0 aliphatic carbocycles. The van der Waals surface area contributed by atoms with Gasteiger partial charge in [-0.15, -0.1) is 0 Å². The van der Waals surface area contributed by atoms with E-state index in [1.807, 2.05) is 6.92 Å². The molecule has 0 N–H and O–H groups in total. The maximum atomic E-state index is 4.63. The summed E-state index contributed by atoms with van der Waals surface area (Å²) in [5.74, 6) is 2.58. The van der Waals surface area contributed by atoms with Crippen molar-refractivity contribution in [3.8, 4) is 0 Å². The standard InChI is InChI=1S/C12H19N5/c1-10-13-11(16-6-2-3-7-16)15-12(14-10)17-8-4-5-9-17/h2-9H2,1H3. The Hall–Kier alpha value is -1.39. The van der Waals surface area contributed by atoms with Crippen molar-refractivity contribution in [2.24, 2.45) is 0 Å². The van der Waals surface area contributed by atoms with Crippen molar-refractivity contribution >= 4 is 11.9 Å². The molecule has 2 saturated heterocycles. The second-order valence-corrected chi connectivity index (χ2v) is 4.87. The maximum absolute atomic E-state index is 4.63. The van der Waals surface area contributed by atoms with Crippen molar-refractivity contribution in [2.45, 2.75) is 32.6 Å². The quantitative estimate of drug-likeness (QED) is 0.772. The molecule has 0 saturated carbocycles. The Balaban J connectivity index is 1.88. The summed E-state index contributed by atoms with van der Waals surface area (Å²) in [6, 6.07) is 0. The smallest absolute Gasteiger partial charge is 0.230 e. The SMILES string of the molecule is Cc1nc(N2CCCC2)nc(N2CCCC2)n1. The first-order chi connectivity index (χ1) is 8.33. The normalized spacial score (nSPS) is 20.3. The van der Waals surface area contributed by atoms with E-state index in [1.54, 1.807) is 0 Å². The second kappa shape index (κ2) is 4.47. The van der Waals surface area contributed by atoms with Crippen LogP contribution in [0.1, 0.15) is 31.5 Å². The third kappa shape index (κ3) is 2.18. The molecule has 3 rings (SSSR count). The van der Waals surface area contributed by atoms with Gasteiger partial charge in [-0.25, -0.2) is 0 Å². The van der Waals surface area contributed by atoms with E-state index in [1.165, 1.54) is 25.7 Å². The molecule has 0 radical (unpaired) electrons. The fraction of sp³-hybridized carbons (Fsp3) is 0.750. The predicted octanol–water partition coefficient (Wildman–Crippen LogP) is 1.38. The Morgan fingerprint density at radius 2 is 1.12 bits per heavy atom. The van der Waals surface area contributed by atoms with Crippen molar-refractivity contribution in [2.75, 3.05) is 36.0 Å². The highest BCUT2D eigenvalue weighted by Gasteiger charge is 2.20. The van der Waals surface area contributed by atoms with Gasteiger partial charge < -0.3 is 9.80 Å². The summed E-state index contributed by atoms with van der Waals surface area (Å²) >= 11 is 0. The molecule has 5 heteroatoms. The molecule has 3 heterocycles. The van der Waals surface area contributed by atoms with Crippen LogP contribution in [0.15, 0.2) is 0 Å². The highest BCUT2D eigenvalue weighted by atomic mass is 15.3. The van der Waals surface area contributed by atoms with Crippen LogP contribution in [-0.2, 0) is 0 Å². The van der Waals surface area contributed by atoms with Gasteiger partial charge in [0.2, 0.25) is 11.9 Å². The lowest BCUT2D eigenvalue weighted by molar-refractivity contribution is 0.820. The lowest BCUT2D eigenvalue weighted by Crippen LogP contribution is -2.25. The summed E-state index contributed by atoms with van der Waals surface area (Å²) in [7, 11) is 0. The Morgan fingerprint density at radius 1 is 0.706 bits per heavy atom. The van der Waals surface area contributed by atoms with Crippen LogP contribution in [0.25, 0.3) is 0 Å². The number of rotatable bonds is 2. The maximum Gasteiger partial charge on any atom is 0.230 e. The van der Waals surface area contributed by atoms with Crippen molar-refractivity contribution in [1.29, 1.82) is 0 Å². The van der Waals surface area contributed by atoms with Gasteiger partial charge >= 0.3 is 0 Å². The Bertz CT molecular complexity index is 360. The second-order valence-electron chi connectivity index (χ2n) is 4.87. The third-order valence-electron chi connectivity index (χ3n) is 3.50. The number of hydrogen-bond acceptors (Lipinski definition) is 5. The Kier molecular flexibility index (Phi) is 2.82. The predicted molar refractivity (Wildman–Crippen MR) is 67.5 cm³/mol. The summed E-state index contributed by atoms with van der Waals surface area (Å²) in [4.78, 5) is 18.1. The zero-order chi connectivity index (χ0) is 11.7. The van der Waals surface area contributed by atoms with Crippen molar-refractivity contribution in [3.05, 3.63) is 5.82 Å². The van der Waals surface area contributed by atoms with E-state index in [9.17, 15) is 0 Å².